The molecule has 1 N–H and O–H groups in total. The van der Waals surface area contributed by atoms with E-state index < -0.39 is 18.0 Å². The van der Waals surface area contributed by atoms with E-state index >= 15 is 0 Å². The molecular weight excluding hydrogens is 354 g/mol. The zero-order chi connectivity index (χ0) is 20.1. The summed E-state index contributed by atoms with van der Waals surface area (Å²) in [7, 11) is 0. The van der Waals surface area contributed by atoms with E-state index in [0.29, 0.717) is 11.3 Å². The minimum atomic E-state index is -1.05. The lowest BCUT2D eigenvalue weighted by Crippen LogP contribution is -2.27. The Balaban J connectivity index is 1.77. The molecule has 6 nitrogen and oxygen atoms in total. The van der Waals surface area contributed by atoms with Gasteiger partial charge in [0.1, 0.15) is 6.54 Å². The van der Waals surface area contributed by atoms with Crippen molar-refractivity contribution < 1.29 is 14.3 Å². The molecule has 2 aromatic carbocycles. The van der Waals surface area contributed by atoms with Crippen LogP contribution in [0.1, 0.15) is 28.6 Å². The van der Waals surface area contributed by atoms with Crippen molar-refractivity contribution in [2.45, 2.75) is 33.4 Å². The zero-order valence-electron chi connectivity index (χ0n) is 16.2. The minimum Gasteiger partial charge on any atom is -0.446 e. The highest BCUT2D eigenvalue weighted by Gasteiger charge is 2.25. The summed E-state index contributed by atoms with van der Waals surface area (Å²) in [4.78, 5) is 25.3. The number of ether oxygens (including phenoxy) is 1. The molecule has 0 radical (unpaired) electrons. The van der Waals surface area contributed by atoms with Crippen molar-refractivity contribution in [2.75, 3.05) is 5.32 Å². The summed E-state index contributed by atoms with van der Waals surface area (Å²) in [6.45, 7) is 5.64. The van der Waals surface area contributed by atoms with Crippen LogP contribution in [0.15, 0.2) is 60.7 Å². The van der Waals surface area contributed by atoms with Crippen LogP contribution in [0.4, 0.5) is 5.69 Å². The van der Waals surface area contributed by atoms with Crippen molar-refractivity contribution in [2.24, 2.45) is 0 Å². The lowest BCUT2D eigenvalue weighted by molar-refractivity contribution is -0.155. The summed E-state index contributed by atoms with van der Waals surface area (Å²) in [5.41, 5.74) is 4.02. The molecule has 1 atom stereocenters. The first-order valence-electron chi connectivity index (χ1n) is 9.05. The van der Waals surface area contributed by atoms with E-state index in [1.165, 1.54) is 0 Å². The van der Waals surface area contributed by atoms with Gasteiger partial charge in [0, 0.05) is 16.9 Å². The summed E-state index contributed by atoms with van der Waals surface area (Å²) in [6.07, 6.45) is -1.05. The first-order valence-corrected chi connectivity index (χ1v) is 9.05. The van der Waals surface area contributed by atoms with Gasteiger partial charge < -0.3 is 10.1 Å². The zero-order valence-corrected chi connectivity index (χ0v) is 16.2. The second-order valence-corrected chi connectivity index (χ2v) is 6.72. The third-order valence-corrected chi connectivity index (χ3v) is 4.29. The van der Waals surface area contributed by atoms with Gasteiger partial charge in [-0.2, -0.15) is 5.10 Å². The normalized spacial score (nSPS) is 11.7. The van der Waals surface area contributed by atoms with Gasteiger partial charge in [-0.15, -0.1) is 0 Å². The molecule has 1 unspecified atom stereocenters. The fourth-order valence-corrected chi connectivity index (χ4v) is 2.87. The number of carbonyl (C=O) groups excluding carboxylic acids is 2. The molecule has 0 fully saturated rings. The predicted molar refractivity (Wildman–Crippen MR) is 107 cm³/mol. The highest BCUT2D eigenvalue weighted by atomic mass is 16.5. The fourth-order valence-electron chi connectivity index (χ4n) is 2.87. The molecule has 3 aromatic rings. The Morgan fingerprint density at radius 1 is 1.04 bits per heavy atom. The van der Waals surface area contributed by atoms with Gasteiger partial charge in [-0.3, -0.25) is 14.3 Å². The highest BCUT2D eigenvalue weighted by Crippen LogP contribution is 2.21. The van der Waals surface area contributed by atoms with Crippen LogP contribution in [-0.2, 0) is 20.9 Å². The number of esters is 1. The van der Waals surface area contributed by atoms with E-state index in [4.69, 9.17) is 4.74 Å². The summed E-state index contributed by atoms with van der Waals surface area (Å²) < 4.78 is 7.12. The van der Waals surface area contributed by atoms with E-state index in [9.17, 15) is 9.59 Å². The quantitative estimate of drug-likeness (QED) is 0.664. The van der Waals surface area contributed by atoms with Gasteiger partial charge >= 0.3 is 5.97 Å². The Bertz CT molecular complexity index is 962. The maximum absolute atomic E-state index is 12.8. The van der Waals surface area contributed by atoms with Crippen LogP contribution in [0.2, 0.25) is 0 Å². The van der Waals surface area contributed by atoms with Crippen LogP contribution in [-0.4, -0.2) is 21.7 Å². The van der Waals surface area contributed by atoms with Gasteiger partial charge in [-0.25, -0.2) is 0 Å². The molecule has 0 aliphatic rings. The van der Waals surface area contributed by atoms with Gasteiger partial charge in [0.05, 0.1) is 5.69 Å². The topological polar surface area (TPSA) is 73.2 Å². The number of nitrogens with one attached hydrogen (secondary N) is 1. The van der Waals surface area contributed by atoms with Gasteiger partial charge in [0.15, 0.2) is 0 Å². The van der Waals surface area contributed by atoms with Gasteiger partial charge in [-0.1, -0.05) is 48.0 Å². The summed E-state index contributed by atoms with van der Waals surface area (Å²) in [6, 6.07) is 18.3. The van der Waals surface area contributed by atoms with E-state index in [1.54, 1.807) is 28.9 Å². The first kappa shape index (κ1) is 19.4. The van der Waals surface area contributed by atoms with Crippen LogP contribution >= 0.6 is 0 Å². The maximum Gasteiger partial charge on any atom is 0.328 e. The molecule has 3 rings (SSSR count). The van der Waals surface area contributed by atoms with Crippen LogP contribution in [0.5, 0.6) is 0 Å². The van der Waals surface area contributed by atoms with Crippen molar-refractivity contribution in [3.8, 4) is 0 Å². The number of nitrogens with zero attached hydrogens (tertiary/aromatic N) is 2. The third kappa shape index (κ3) is 4.85. The van der Waals surface area contributed by atoms with E-state index in [1.807, 2.05) is 57.2 Å². The molecule has 0 saturated heterocycles. The molecule has 144 valence electrons. The molecule has 1 aromatic heterocycles. The van der Waals surface area contributed by atoms with Crippen LogP contribution in [0, 0.1) is 20.8 Å². The molecule has 0 bridgehead atoms. The monoisotopic (exact) mass is 377 g/mol. The first-order chi connectivity index (χ1) is 13.4. The average molecular weight is 377 g/mol. The van der Waals surface area contributed by atoms with E-state index in [2.05, 4.69) is 10.4 Å². The summed E-state index contributed by atoms with van der Waals surface area (Å²) in [5, 5.41) is 7.08. The number of benzene rings is 2. The molecule has 0 spiro atoms. The lowest BCUT2D eigenvalue weighted by Gasteiger charge is -2.18. The molecule has 1 amide bonds. The molecule has 1 heterocycles. The lowest BCUT2D eigenvalue weighted by atomic mass is 10.1. The number of aryl methyl sites for hydroxylation is 3. The van der Waals surface area contributed by atoms with E-state index in [-0.39, 0.29) is 6.54 Å². The Kier molecular flexibility index (Phi) is 5.89. The smallest absolute Gasteiger partial charge is 0.328 e. The second kappa shape index (κ2) is 8.52. The summed E-state index contributed by atoms with van der Waals surface area (Å²) in [5.74, 6) is -0.934. The minimum absolute atomic E-state index is 0.0547. The fraction of sp³-hybridized carbons (Fsp3) is 0.227. The number of carbonyl (C=O) groups is 2. The van der Waals surface area contributed by atoms with Crippen LogP contribution < -0.4 is 5.32 Å². The SMILES string of the molecule is Cc1ccc(NC(=O)C(OC(=O)Cn2nc(C)cc2C)c2ccccc2)cc1. The molecule has 0 aliphatic heterocycles. The number of amides is 1. The number of hydrogen-bond acceptors (Lipinski definition) is 4. The third-order valence-electron chi connectivity index (χ3n) is 4.29. The Morgan fingerprint density at radius 2 is 1.71 bits per heavy atom. The number of hydrogen-bond donors (Lipinski definition) is 1. The molecule has 0 aliphatic carbocycles. The molecular formula is C22H23N3O3. The van der Waals surface area contributed by atoms with Gasteiger partial charge in [-0.05, 0) is 39.0 Å². The van der Waals surface area contributed by atoms with Crippen molar-refractivity contribution >= 4 is 17.6 Å². The molecule has 6 heteroatoms. The van der Waals surface area contributed by atoms with Crippen LogP contribution in [0.25, 0.3) is 0 Å². The largest absolute Gasteiger partial charge is 0.446 e. The Labute approximate surface area is 164 Å². The van der Waals surface area contributed by atoms with Crippen molar-refractivity contribution in [3.63, 3.8) is 0 Å². The van der Waals surface area contributed by atoms with Crippen LogP contribution in [0.3, 0.4) is 0 Å². The van der Waals surface area contributed by atoms with Gasteiger partial charge in [0.2, 0.25) is 6.10 Å². The average Bonchev–Trinajstić information content (AvgIpc) is 2.99. The molecule has 0 saturated carbocycles. The van der Waals surface area contributed by atoms with Crippen molar-refractivity contribution in [1.82, 2.24) is 9.78 Å². The number of rotatable bonds is 6. The second-order valence-electron chi connectivity index (χ2n) is 6.72. The molecule has 28 heavy (non-hydrogen) atoms. The number of anilines is 1. The Morgan fingerprint density at radius 3 is 2.32 bits per heavy atom. The van der Waals surface area contributed by atoms with Gasteiger partial charge in [0.25, 0.3) is 5.91 Å². The Hall–Kier alpha value is -3.41. The summed E-state index contributed by atoms with van der Waals surface area (Å²) >= 11 is 0. The highest BCUT2D eigenvalue weighted by molar-refractivity contribution is 5.96. The van der Waals surface area contributed by atoms with E-state index in [0.717, 1.165) is 17.0 Å². The number of aromatic nitrogens is 2. The van der Waals surface area contributed by atoms with Crippen molar-refractivity contribution in [3.05, 3.63) is 83.2 Å². The predicted octanol–water partition coefficient (Wildman–Crippen LogP) is 3.73. The standard InChI is InChI=1S/C22H23N3O3/c1-15-9-11-19(12-10-15)23-22(27)21(18-7-5-4-6-8-18)28-20(26)14-25-17(3)13-16(2)24-25/h4-13,21H,14H2,1-3H3,(H,23,27). The van der Waals surface area contributed by atoms with Crippen molar-refractivity contribution in [1.29, 1.82) is 0 Å². The maximum atomic E-state index is 12.8.